The molecule has 0 aliphatic heterocycles. The Bertz CT molecular complexity index is 671. The highest BCUT2D eigenvalue weighted by Crippen LogP contribution is 2.05. The van der Waals surface area contributed by atoms with Gasteiger partial charge in [-0.15, -0.1) is 0 Å². The van der Waals surface area contributed by atoms with Gasteiger partial charge in [-0.1, -0.05) is 30.3 Å². The van der Waals surface area contributed by atoms with Gasteiger partial charge >= 0.3 is 5.97 Å². The Balaban J connectivity index is 1.70. The van der Waals surface area contributed by atoms with Crippen LogP contribution in [0.5, 0.6) is 0 Å². The number of aromatic nitrogens is 1. The second kappa shape index (κ2) is 8.67. The van der Waals surface area contributed by atoms with E-state index in [1.165, 1.54) is 30.1 Å². The fraction of sp³-hybridized carbons (Fsp3) is 0.278. The summed E-state index contributed by atoms with van der Waals surface area (Å²) in [6.07, 6.45) is 4.05. The summed E-state index contributed by atoms with van der Waals surface area (Å²) < 4.78 is 5.50. The molecule has 0 saturated carbocycles. The lowest BCUT2D eigenvalue weighted by molar-refractivity contribution is -0.605. The molecule has 126 valence electrons. The minimum Gasteiger partial charge on any atom is -0.619 e. The monoisotopic (exact) mass is 328 g/mol. The number of esters is 1. The van der Waals surface area contributed by atoms with Crippen molar-refractivity contribution in [2.24, 2.45) is 0 Å². The third-order valence-electron chi connectivity index (χ3n) is 3.49. The summed E-state index contributed by atoms with van der Waals surface area (Å²) in [5, 5.41) is 13.7. The molecule has 1 aromatic heterocycles. The minimum absolute atomic E-state index is 0.0208. The summed E-state index contributed by atoms with van der Waals surface area (Å²) in [5.41, 5.74) is 1.44. The molecule has 1 aromatic carbocycles. The normalized spacial score (nSPS) is 11.5. The van der Waals surface area contributed by atoms with Crippen molar-refractivity contribution in [1.82, 2.24) is 5.32 Å². The SMILES string of the molecule is C[C@@H](CCc1ccccc1)NC(=O)COC(=O)c1cc[n+]([O-])cc1. The minimum atomic E-state index is -0.636. The second-order valence-electron chi connectivity index (χ2n) is 5.52. The van der Waals surface area contributed by atoms with Crippen LogP contribution in [0, 0.1) is 5.21 Å². The van der Waals surface area contributed by atoms with Gasteiger partial charge in [0.25, 0.3) is 5.91 Å². The smallest absolute Gasteiger partial charge is 0.339 e. The molecule has 0 bridgehead atoms. The van der Waals surface area contributed by atoms with Crippen LogP contribution in [0.2, 0.25) is 0 Å². The highest BCUT2D eigenvalue weighted by Gasteiger charge is 2.13. The highest BCUT2D eigenvalue weighted by molar-refractivity contribution is 5.91. The van der Waals surface area contributed by atoms with E-state index in [1.807, 2.05) is 37.3 Å². The van der Waals surface area contributed by atoms with E-state index in [1.54, 1.807) is 0 Å². The average molecular weight is 328 g/mol. The molecular weight excluding hydrogens is 308 g/mol. The number of pyridine rings is 1. The van der Waals surface area contributed by atoms with Crippen LogP contribution in [0.25, 0.3) is 0 Å². The maximum Gasteiger partial charge on any atom is 0.339 e. The van der Waals surface area contributed by atoms with Gasteiger partial charge in [-0.25, -0.2) is 4.79 Å². The predicted molar refractivity (Wildman–Crippen MR) is 88.1 cm³/mol. The topological polar surface area (TPSA) is 82.3 Å². The van der Waals surface area contributed by atoms with E-state index < -0.39 is 5.97 Å². The summed E-state index contributed by atoms with van der Waals surface area (Å²) >= 11 is 0. The summed E-state index contributed by atoms with van der Waals surface area (Å²) in [5.74, 6) is -0.985. The summed E-state index contributed by atoms with van der Waals surface area (Å²) in [7, 11) is 0. The standard InChI is InChI=1S/C18H20N2O4/c1-14(7-8-15-5-3-2-4-6-15)19-17(21)13-24-18(22)16-9-11-20(23)12-10-16/h2-6,9-12,14H,7-8,13H2,1H3,(H,19,21)/t14-/m0/s1. The third-order valence-corrected chi connectivity index (χ3v) is 3.49. The average Bonchev–Trinajstić information content (AvgIpc) is 2.59. The fourth-order valence-electron chi connectivity index (χ4n) is 2.18. The van der Waals surface area contributed by atoms with Crippen LogP contribution in [0.15, 0.2) is 54.9 Å². The van der Waals surface area contributed by atoms with Crippen molar-refractivity contribution < 1.29 is 19.1 Å². The first-order valence-corrected chi connectivity index (χ1v) is 7.74. The highest BCUT2D eigenvalue weighted by atomic mass is 16.5. The van der Waals surface area contributed by atoms with Crippen LogP contribution in [0.4, 0.5) is 0 Å². The van der Waals surface area contributed by atoms with Crippen LogP contribution in [0.3, 0.4) is 0 Å². The van der Waals surface area contributed by atoms with Gasteiger partial charge in [-0.2, -0.15) is 4.73 Å². The van der Waals surface area contributed by atoms with E-state index >= 15 is 0 Å². The lowest BCUT2D eigenvalue weighted by Gasteiger charge is -2.14. The first-order valence-electron chi connectivity index (χ1n) is 7.74. The number of benzene rings is 1. The Labute approximate surface area is 140 Å². The van der Waals surface area contributed by atoms with Gasteiger partial charge in [0, 0.05) is 18.2 Å². The lowest BCUT2D eigenvalue weighted by atomic mass is 10.1. The number of nitrogens with one attached hydrogen (secondary N) is 1. The first kappa shape index (κ1) is 17.5. The molecule has 0 fully saturated rings. The molecule has 24 heavy (non-hydrogen) atoms. The number of carbonyl (C=O) groups is 2. The number of ether oxygens (including phenoxy) is 1. The molecule has 0 aliphatic rings. The molecule has 1 atom stereocenters. The van der Waals surface area contributed by atoms with Crippen molar-refractivity contribution in [3.63, 3.8) is 0 Å². The van der Waals surface area contributed by atoms with Crippen LogP contribution < -0.4 is 10.0 Å². The van der Waals surface area contributed by atoms with Gasteiger partial charge in [0.1, 0.15) is 0 Å². The molecule has 1 amide bonds. The predicted octanol–water partition coefficient (Wildman–Crippen LogP) is 1.61. The molecular formula is C18H20N2O4. The van der Waals surface area contributed by atoms with E-state index in [4.69, 9.17) is 4.74 Å². The second-order valence-corrected chi connectivity index (χ2v) is 5.52. The van der Waals surface area contributed by atoms with Crippen LogP contribution in [0.1, 0.15) is 29.3 Å². The van der Waals surface area contributed by atoms with Crippen LogP contribution in [-0.2, 0) is 16.0 Å². The number of hydrogen-bond donors (Lipinski definition) is 1. The molecule has 1 N–H and O–H groups in total. The van der Waals surface area contributed by atoms with Crippen molar-refractivity contribution in [1.29, 1.82) is 0 Å². The number of nitrogens with zero attached hydrogens (tertiary/aromatic N) is 1. The number of amides is 1. The van der Waals surface area contributed by atoms with Crippen molar-refractivity contribution >= 4 is 11.9 Å². The van der Waals surface area contributed by atoms with E-state index in [2.05, 4.69) is 5.32 Å². The van der Waals surface area contributed by atoms with E-state index in [9.17, 15) is 14.8 Å². The Kier molecular flexibility index (Phi) is 6.31. The number of hydrogen-bond acceptors (Lipinski definition) is 4. The van der Waals surface area contributed by atoms with E-state index in [-0.39, 0.29) is 24.1 Å². The zero-order chi connectivity index (χ0) is 17.4. The molecule has 0 aliphatic carbocycles. The number of rotatable bonds is 7. The van der Waals surface area contributed by atoms with Crippen molar-refractivity contribution in [3.8, 4) is 0 Å². The largest absolute Gasteiger partial charge is 0.619 e. The molecule has 2 rings (SSSR count). The summed E-state index contributed by atoms with van der Waals surface area (Å²) in [6.45, 7) is 1.56. The Morgan fingerprint density at radius 1 is 1.17 bits per heavy atom. The molecule has 6 nitrogen and oxygen atoms in total. The molecule has 6 heteroatoms. The maximum absolute atomic E-state index is 11.8. The zero-order valence-electron chi connectivity index (χ0n) is 13.5. The zero-order valence-corrected chi connectivity index (χ0v) is 13.5. The van der Waals surface area contributed by atoms with Crippen LogP contribution >= 0.6 is 0 Å². The van der Waals surface area contributed by atoms with Gasteiger partial charge in [0.15, 0.2) is 19.0 Å². The molecule has 0 radical (unpaired) electrons. The number of aryl methyl sites for hydroxylation is 1. The van der Waals surface area contributed by atoms with E-state index in [0.29, 0.717) is 4.73 Å². The maximum atomic E-state index is 11.8. The Morgan fingerprint density at radius 3 is 2.50 bits per heavy atom. The molecule has 0 unspecified atom stereocenters. The Hall–Kier alpha value is -2.89. The summed E-state index contributed by atoms with van der Waals surface area (Å²) in [6, 6.07) is 12.7. The molecule has 1 heterocycles. The molecule has 0 spiro atoms. The van der Waals surface area contributed by atoms with Crippen molar-refractivity contribution in [3.05, 3.63) is 71.2 Å². The fourth-order valence-corrected chi connectivity index (χ4v) is 2.18. The lowest BCUT2D eigenvalue weighted by Crippen LogP contribution is -2.36. The van der Waals surface area contributed by atoms with Gasteiger partial charge in [0.05, 0.1) is 5.56 Å². The van der Waals surface area contributed by atoms with Crippen molar-refractivity contribution in [2.75, 3.05) is 6.61 Å². The Morgan fingerprint density at radius 2 is 1.83 bits per heavy atom. The summed E-state index contributed by atoms with van der Waals surface area (Å²) in [4.78, 5) is 23.6. The van der Waals surface area contributed by atoms with Crippen LogP contribution in [-0.4, -0.2) is 24.5 Å². The van der Waals surface area contributed by atoms with Gasteiger partial charge < -0.3 is 15.3 Å². The molecule has 0 saturated heterocycles. The first-order chi connectivity index (χ1) is 11.5. The number of carbonyl (C=O) groups excluding carboxylic acids is 2. The third kappa shape index (κ3) is 5.72. The molecule has 2 aromatic rings. The van der Waals surface area contributed by atoms with Crippen molar-refractivity contribution in [2.45, 2.75) is 25.8 Å². The van der Waals surface area contributed by atoms with Gasteiger partial charge in [0.2, 0.25) is 0 Å². The van der Waals surface area contributed by atoms with E-state index in [0.717, 1.165) is 12.8 Å². The quantitative estimate of drug-likeness (QED) is 0.476. The van der Waals surface area contributed by atoms with Gasteiger partial charge in [-0.3, -0.25) is 4.79 Å². The van der Waals surface area contributed by atoms with Gasteiger partial charge in [-0.05, 0) is 25.3 Å².